The number of nitrogens with zero attached hydrogens (tertiary/aromatic N) is 1. The third-order valence-electron chi connectivity index (χ3n) is 5.40. The van der Waals surface area contributed by atoms with Gasteiger partial charge in [-0.05, 0) is 54.5 Å². The minimum atomic E-state index is -1.89. The van der Waals surface area contributed by atoms with Gasteiger partial charge >= 0.3 is 0 Å². The zero-order valence-electron chi connectivity index (χ0n) is 17.9. The first-order chi connectivity index (χ1) is 12.9. The van der Waals surface area contributed by atoms with Crippen molar-refractivity contribution in [3.8, 4) is 0 Å². The van der Waals surface area contributed by atoms with E-state index in [0.29, 0.717) is 12.2 Å². The summed E-state index contributed by atoms with van der Waals surface area (Å²) in [6, 6.07) is 13.4. The summed E-state index contributed by atoms with van der Waals surface area (Å²) in [7, 11) is 2.06. The molecule has 0 aromatic heterocycles. The molecule has 1 amide bonds. The third kappa shape index (κ3) is 5.46. The molecule has 2 aromatic carbocycles. The summed E-state index contributed by atoms with van der Waals surface area (Å²) >= 11 is 3.62. The number of benzene rings is 2. The average Bonchev–Trinajstić information content (AvgIpc) is 2.60. The number of rotatable bonds is 6. The molecule has 0 aliphatic carbocycles. The molecule has 0 saturated carbocycles. The van der Waals surface area contributed by atoms with Crippen LogP contribution in [0, 0.1) is 0 Å². The second-order valence-corrected chi connectivity index (χ2v) is 14.4. The quantitative estimate of drug-likeness (QED) is 0.512. The standard InChI is InChI=1S/C22H31BrN2O2Si/c1-22(2,3)28(6,7)27-15-18-19(23)9-8-10-20(18)24-21(26)16-11-13-17(14-12-16)25(4)5/h8-14H,15H2,1-7H3,(H,24,26). The molecular formula is C22H31BrN2O2Si. The van der Waals surface area contributed by atoms with Crippen molar-refractivity contribution in [2.75, 3.05) is 24.3 Å². The molecule has 28 heavy (non-hydrogen) atoms. The maximum absolute atomic E-state index is 12.7. The minimum Gasteiger partial charge on any atom is -0.412 e. The first-order valence-corrected chi connectivity index (χ1v) is 13.1. The lowest BCUT2D eigenvalue weighted by atomic mass is 10.1. The summed E-state index contributed by atoms with van der Waals surface area (Å²) in [5.74, 6) is -0.128. The number of nitrogens with one attached hydrogen (secondary N) is 1. The molecule has 6 heteroatoms. The number of hydrogen-bond acceptors (Lipinski definition) is 3. The van der Waals surface area contributed by atoms with Crippen molar-refractivity contribution in [3.05, 3.63) is 58.1 Å². The number of anilines is 2. The second kappa shape index (κ2) is 8.80. The van der Waals surface area contributed by atoms with Gasteiger partial charge in [-0.2, -0.15) is 0 Å². The number of halogens is 1. The SMILES string of the molecule is CN(C)c1ccc(C(=O)Nc2cccc(Br)c2CO[Si](C)(C)C(C)(C)C)cc1. The van der Waals surface area contributed by atoms with E-state index in [1.54, 1.807) is 0 Å². The largest absolute Gasteiger partial charge is 0.412 e. The van der Waals surface area contributed by atoms with E-state index >= 15 is 0 Å². The van der Waals surface area contributed by atoms with Crippen molar-refractivity contribution in [1.29, 1.82) is 0 Å². The van der Waals surface area contributed by atoms with Crippen LogP contribution in [0.2, 0.25) is 18.1 Å². The van der Waals surface area contributed by atoms with Gasteiger partial charge in [-0.25, -0.2) is 0 Å². The highest BCUT2D eigenvalue weighted by Crippen LogP contribution is 2.38. The van der Waals surface area contributed by atoms with E-state index in [1.165, 1.54) is 0 Å². The first-order valence-electron chi connectivity index (χ1n) is 9.42. The lowest BCUT2D eigenvalue weighted by Gasteiger charge is -2.36. The van der Waals surface area contributed by atoms with Crippen molar-refractivity contribution in [3.63, 3.8) is 0 Å². The van der Waals surface area contributed by atoms with Crippen molar-refractivity contribution in [2.24, 2.45) is 0 Å². The molecule has 0 atom stereocenters. The molecule has 0 spiro atoms. The van der Waals surface area contributed by atoms with E-state index in [9.17, 15) is 4.79 Å². The normalized spacial score (nSPS) is 12.0. The lowest BCUT2D eigenvalue weighted by Crippen LogP contribution is -2.40. The van der Waals surface area contributed by atoms with Crippen molar-refractivity contribution in [1.82, 2.24) is 0 Å². The van der Waals surface area contributed by atoms with Crippen LogP contribution in [0.3, 0.4) is 0 Å². The molecule has 0 bridgehead atoms. The summed E-state index contributed by atoms with van der Waals surface area (Å²) in [5.41, 5.74) is 3.42. The van der Waals surface area contributed by atoms with Crippen LogP contribution in [0.1, 0.15) is 36.7 Å². The zero-order chi connectivity index (χ0) is 21.1. The summed E-state index contributed by atoms with van der Waals surface area (Å²) in [4.78, 5) is 14.8. The van der Waals surface area contributed by atoms with Gasteiger partial charge in [0.15, 0.2) is 8.32 Å². The van der Waals surface area contributed by atoms with Crippen LogP contribution in [-0.2, 0) is 11.0 Å². The van der Waals surface area contributed by atoms with Crippen LogP contribution >= 0.6 is 15.9 Å². The number of hydrogen-bond donors (Lipinski definition) is 1. The Morgan fingerprint density at radius 2 is 1.71 bits per heavy atom. The van der Waals surface area contributed by atoms with E-state index in [4.69, 9.17) is 4.43 Å². The van der Waals surface area contributed by atoms with Gasteiger partial charge in [0, 0.05) is 41.1 Å². The Hall–Kier alpha value is -1.63. The molecule has 0 heterocycles. The third-order valence-corrected chi connectivity index (χ3v) is 10.6. The number of carbonyl (C=O) groups is 1. The molecule has 2 aromatic rings. The van der Waals surface area contributed by atoms with Crippen LogP contribution in [0.5, 0.6) is 0 Å². The van der Waals surface area contributed by atoms with Gasteiger partial charge in [0.05, 0.1) is 6.61 Å². The average molecular weight is 463 g/mol. The fraction of sp³-hybridized carbons (Fsp3) is 0.409. The summed E-state index contributed by atoms with van der Waals surface area (Å²) in [5, 5.41) is 3.18. The van der Waals surface area contributed by atoms with Gasteiger partial charge in [-0.1, -0.05) is 42.8 Å². The van der Waals surface area contributed by atoms with E-state index < -0.39 is 8.32 Å². The summed E-state index contributed by atoms with van der Waals surface area (Å²) in [6.45, 7) is 11.6. The minimum absolute atomic E-state index is 0.128. The number of carbonyl (C=O) groups excluding carboxylic acids is 1. The van der Waals surface area contributed by atoms with E-state index in [1.807, 2.05) is 61.5 Å². The monoisotopic (exact) mass is 462 g/mol. The topological polar surface area (TPSA) is 41.6 Å². The molecule has 152 valence electrons. The molecule has 1 N–H and O–H groups in total. The molecule has 0 radical (unpaired) electrons. The Bertz CT molecular complexity index is 827. The van der Waals surface area contributed by atoms with Gasteiger partial charge in [0.1, 0.15) is 0 Å². The molecule has 0 aliphatic rings. The smallest absolute Gasteiger partial charge is 0.255 e. The maximum atomic E-state index is 12.7. The van der Waals surface area contributed by atoms with Crippen molar-refractivity contribution in [2.45, 2.75) is 45.5 Å². The second-order valence-electron chi connectivity index (χ2n) is 8.71. The van der Waals surface area contributed by atoms with Crippen LogP contribution in [0.4, 0.5) is 11.4 Å². The fourth-order valence-electron chi connectivity index (χ4n) is 2.40. The molecular weight excluding hydrogens is 432 g/mol. The van der Waals surface area contributed by atoms with Crippen molar-refractivity contribution < 1.29 is 9.22 Å². The van der Waals surface area contributed by atoms with Crippen LogP contribution in [0.15, 0.2) is 46.9 Å². The molecule has 0 saturated heterocycles. The molecule has 2 rings (SSSR count). The van der Waals surface area contributed by atoms with Crippen molar-refractivity contribution >= 4 is 41.5 Å². The molecule has 0 unspecified atom stereocenters. The van der Waals surface area contributed by atoms with Gasteiger partial charge in [0.25, 0.3) is 5.91 Å². The Balaban J connectivity index is 2.20. The fourth-order valence-corrected chi connectivity index (χ4v) is 3.82. The van der Waals surface area contributed by atoms with Crippen LogP contribution in [-0.4, -0.2) is 28.3 Å². The summed E-state index contributed by atoms with van der Waals surface area (Å²) in [6.07, 6.45) is 0. The zero-order valence-corrected chi connectivity index (χ0v) is 20.5. The predicted octanol–water partition coefficient (Wildman–Crippen LogP) is 6.29. The molecule has 0 aliphatic heterocycles. The van der Waals surface area contributed by atoms with E-state index in [-0.39, 0.29) is 10.9 Å². The Labute approximate surface area is 178 Å². The Kier molecular flexibility index (Phi) is 7.12. The van der Waals surface area contributed by atoms with Crippen LogP contribution in [0.25, 0.3) is 0 Å². The van der Waals surface area contributed by atoms with Gasteiger partial charge in [-0.3, -0.25) is 4.79 Å². The Morgan fingerprint density at radius 1 is 1.11 bits per heavy atom. The predicted molar refractivity (Wildman–Crippen MR) is 125 cm³/mol. The summed E-state index contributed by atoms with van der Waals surface area (Å²) < 4.78 is 7.32. The van der Waals surface area contributed by atoms with Gasteiger partial charge < -0.3 is 14.6 Å². The van der Waals surface area contributed by atoms with E-state index in [2.05, 4.69) is 55.1 Å². The van der Waals surface area contributed by atoms with E-state index in [0.717, 1.165) is 21.4 Å². The van der Waals surface area contributed by atoms with Gasteiger partial charge in [-0.15, -0.1) is 0 Å². The molecule has 0 fully saturated rings. The lowest BCUT2D eigenvalue weighted by molar-refractivity contribution is 0.102. The molecule has 4 nitrogen and oxygen atoms in total. The highest BCUT2D eigenvalue weighted by molar-refractivity contribution is 9.10. The maximum Gasteiger partial charge on any atom is 0.255 e. The highest BCUT2D eigenvalue weighted by Gasteiger charge is 2.37. The number of amides is 1. The van der Waals surface area contributed by atoms with Crippen LogP contribution < -0.4 is 10.2 Å². The van der Waals surface area contributed by atoms with Gasteiger partial charge in [0.2, 0.25) is 0 Å². The highest BCUT2D eigenvalue weighted by atomic mass is 79.9. The Morgan fingerprint density at radius 3 is 2.25 bits per heavy atom. The first kappa shape index (κ1) is 22.7.